The molecule has 0 aliphatic carbocycles. The summed E-state index contributed by atoms with van der Waals surface area (Å²) >= 11 is 6.04. The quantitative estimate of drug-likeness (QED) is 0.390. The second-order valence-corrected chi connectivity index (χ2v) is 5.12. The average Bonchev–Trinajstić information content (AvgIpc) is 2.52. The third-order valence-corrected chi connectivity index (χ3v) is 3.47. The smallest absolute Gasteiger partial charge is 0.258 e. The molecule has 1 heterocycles. The Labute approximate surface area is 131 Å². The molecule has 3 aromatic rings. The Morgan fingerprint density at radius 1 is 1.05 bits per heavy atom. The lowest BCUT2D eigenvalue weighted by Gasteiger charge is -2.02. The normalized spacial score (nSPS) is 11.1. The summed E-state index contributed by atoms with van der Waals surface area (Å²) in [6.45, 7) is 0. The van der Waals surface area contributed by atoms with Gasteiger partial charge in [-0.05, 0) is 35.4 Å². The van der Waals surface area contributed by atoms with Crippen LogP contribution in [0.3, 0.4) is 0 Å². The van der Waals surface area contributed by atoms with E-state index in [9.17, 15) is 10.1 Å². The van der Waals surface area contributed by atoms with Crippen molar-refractivity contribution in [1.29, 1.82) is 0 Å². The maximum Gasteiger partial charge on any atom is 0.269 e. The van der Waals surface area contributed by atoms with E-state index < -0.39 is 4.92 Å². The average molecular weight is 311 g/mol. The van der Waals surface area contributed by atoms with Crippen LogP contribution in [0.25, 0.3) is 23.1 Å². The molecule has 0 fully saturated rings. The lowest BCUT2D eigenvalue weighted by Crippen LogP contribution is -1.86. The van der Waals surface area contributed by atoms with E-state index in [0.29, 0.717) is 5.15 Å². The Morgan fingerprint density at radius 2 is 1.77 bits per heavy atom. The van der Waals surface area contributed by atoms with Crippen molar-refractivity contribution in [2.45, 2.75) is 0 Å². The van der Waals surface area contributed by atoms with Gasteiger partial charge in [0.25, 0.3) is 5.69 Å². The van der Waals surface area contributed by atoms with Gasteiger partial charge in [0.15, 0.2) is 0 Å². The number of pyridine rings is 1. The van der Waals surface area contributed by atoms with E-state index in [4.69, 9.17) is 11.6 Å². The van der Waals surface area contributed by atoms with Crippen molar-refractivity contribution in [3.8, 4) is 0 Å². The summed E-state index contributed by atoms with van der Waals surface area (Å²) in [6.07, 6.45) is 3.82. The largest absolute Gasteiger partial charge is 0.269 e. The summed E-state index contributed by atoms with van der Waals surface area (Å²) in [7, 11) is 0. The van der Waals surface area contributed by atoms with Crippen molar-refractivity contribution in [1.82, 2.24) is 4.98 Å². The minimum absolute atomic E-state index is 0.0783. The molecule has 0 N–H and O–H groups in total. The molecule has 2 aromatic carbocycles. The van der Waals surface area contributed by atoms with Crippen molar-refractivity contribution in [2.24, 2.45) is 0 Å². The molecule has 0 aliphatic heterocycles. The number of rotatable bonds is 3. The maximum absolute atomic E-state index is 10.6. The Morgan fingerprint density at radius 3 is 2.50 bits per heavy atom. The minimum atomic E-state index is -0.413. The van der Waals surface area contributed by atoms with E-state index in [1.165, 1.54) is 12.1 Å². The zero-order valence-electron chi connectivity index (χ0n) is 11.4. The molecule has 5 heteroatoms. The highest BCUT2D eigenvalue weighted by Gasteiger charge is 2.04. The molecule has 0 aliphatic rings. The fourth-order valence-electron chi connectivity index (χ4n) is 2.20. The Bertz CT molecular complexity index is 873. The Kier molecular flexibility index (Phi) is 3.85. The molecule has 22 heavy (non-hydrogen) atoms. The van der Waals surface area contributed by atoms with Crippen LogP contribution in [0.2, 0.25) is 5.15 Å². The summed E-state index contributed by atoms with van der Waals surface area (Å²) in [5, 5.41) is 12.1. The van der Waals surface area contributed by atoms with Gasteiger partial charge >= 0.3 is 0 Å². The molecule has 0 amide bonds. The first-order valence-electron chi connectivity index (χ1n) is 6.61. The van der Waals surface area contributed by atoms with Crippen molar-refractivity contribution in [3.05, 3.63) is 81.0 Å². The van der Waals surface area contributed by atoms with Gasteiger partial charge in [0.2, 0.25) is 0 Å². The molecule has 3 rings (SSSR count). The van der Waals surface area contributed by atoms with Crippen LogP contribution in [-0.4, -0.2) is 9.91 Å². The van der Waals surface area contributed by atoms with Gasteiger partial charge in [0, 0.05) is 17.5 Å². The predicted molar refractivity (Wildman–Crippen MR) is 88.8 cm³/mol. The van der Waals surface area contributed by atoms with Gasteiger partial charge in [-0.3, -0.25) is 10.1 Å². The van der Waals surface area contributed by atoms with Crippen LogP contribution in [0, 0.1) is 10.1 Å². The predicted octanol–water partition coefficient (Wildman–Crippen LogP) is 4.97. The lowest BCUT2D eigenvalue weighted by molar-refractivity contribution is -0.384. The number of aromatic nitrogens is 1. The number of fused-ring (bicyclic) bond motifs is 1. The zero-order valence-corrected chi connectivity index (χ0v) is 12.2. The van der Waals surface area contributed by atoms with Crippen molar-refractivity contribution >= 4 is 40.3 Å². The molecule has 0 atom stereocenters. The number of non-ortho nitro benzene ring substituents is 1. The summed E-state index contributed by atoms with van der Waals surface area (Å²) < 4.78 is 0. The fraction of sp³-hybridized carbons (Fsp3) is 0. The molecule has 0 bridgehead atoms. The molecule has 0 saturated heterocycles. The summed E-state index contributed by atoms with van der Waals surface area (Å²) in [5.41, 5.74) is 2.74. The van der Waals surface area contributed by atoms with E-state index >= 15 is 0 Å². The molecule has 108 valence electrons. The molecule has 0 radical (unpaired) electrons. The highest BCUT2D eigenvalue weighted by molar-refractivity contribution is 6.30. The molecule has 1 aromatic heterocycles. The molecular weight excluding hydrogens is 300 g/mol. The van der Waals surface area contributed by atoms with Crippen LogP contribution in [0.5, 0.6) is 0 Å². The van der Waals surface area contributed by atoms with Crippen LogP contribution < -0.4 is 0 Å². The first kappa shape index (κ1) is 14.2. The second kappa shape index (κ2) is 5.95. The van der Waals surface area contributed by atoms with Crippen LogP contribution in [0.4, 0.5) is 5.69 Å². The van der Waals surface area contributed by atoms with E-state index in [0.717, 1.165) is 22.0 Å². The van der Waals surface area contributed by atoms with Gasteiger partial charge in [-0.15, -0.1) is 0 Å². The number of hydrogen-bond acceptors (Lipinski definition) is 3. The molecule has 0 spiro atoms. The van der Waals surface area contributed by atoms with E-state index in [1.807, 2.05) is 36.4 Å². The molecular formula is C17H11ClN2O2. The summed E-state index contributed by atoms with van der Waals surface area (Å²) in [4.78, 5) is 14.5. The van der Waals surface area contributed by atoms with Gasteiger partial charge in [-0.25, -0.2) is 4.98 Å². The van der Waals surface area contributed by atoms with Crippen LogP contribution >= 0.6 is 11.6 Å². The summed E-state index contributed by atoms with van der Waals surface area (Å²) in [5.74, 6) is 0. The van der Waals surface area contributed by atoms with Gasteiger partial charge in [0.05, 0.1) is 10.4 Å². The van der Waals surface area contributed by atoms with Gasteiger partial charge < -0.3 is 0 Å². The second-order valence-electron chi connectivity index (χ2n) is 4.73. The van der Waals surface area contributed by atoms with E-state index in [1.54, 1.807) is 18.2 Å². The van der Waals surface area contributed by atoms with Crippen molar-refractivity contribution in [2.75, 3.05) is 0 Å². The Hall–Kier alpha value is -2.72. The van der Waals surface area contributed by atoms with Crippen molar-refractivity contribution in [3.63, 3.8) is 0 Å². The van der Waals surface area contributed by atoms with E-state index in [-0.39, 0.29) is 5.69 Å². The number of nitro groups is 1. The maximum atomic E-state index is 10.6. The number of para-hydroxylation sites is 1. The Balaban J connectivity index is 1.97. The minimum Gasteiger partial charge on any atom is -0.258 e. The molecule has 0 unspecified atom stereocenters. The number of benzene rings is 2. The molecule has 4 nitrogen and oxygen atoms in total. The number of nitro benzene ring substituents is 1. The zero-order chi connectivity index (χ0) is 15.5. The highest BCUT2D eigenvalue weighted by Crippen LogP contribution is 2.23. The van der Waals surface area contributed by atoms with Crippen molar-refractivity contribution < 1.29 is 4.92 Å². The SMILES string of the molecule is O=[N+]([O-])c1ccc(/C=C/c2cc(Cl)nc3ccccc23)cc1. The third-order valence-electron chi connectivity index (χ3n) is 3.28. The van der Waals surface area contributed by atoms with Crippen LogP contribution in [0.15, 0.2) is 54.6 Å². The van der Waals surface area contributed by atoms with Gasteiger partial charge in [-0.2, -0.15) is 0 Å². The first-order chi connectivity index (χ1) is 10.6. The standard InChI is InChI=1S/C17H11ClN2O2/c18-17-11-13(15-3-1-2-4-16(15)19-17)8-5-12-6-9-14(10-7-12)20(21)22/h1-11H/b8-5+. The van der Waals surface area contributed by atoms with Gasteiger partial charge in [0.1, 0.15) is 5.15 Å². The summed E-state index contributed by atoms with van der Waals surface area (Å²) in [6, 6.07) is 15.9. The number of nitrogens with zero attached hydrogens (tertiary/aromatic N) is 2. The fourth-order valence-corrected chi connectivity index (χ4v) is 2.41. The van der Waals surface area contributed by atoms with Crippen LogP contribution in [-0.2, 0) is 0 Å². The molecule has 0 saturated carbocycles. The third kappa shape index (κ3) is 2.97. The number of halogens is 1. The van der Waals surface area contributed by atoms with Crippen LogP contribution in [0.1, 0.15) is 11.1 Å². The monoisotopic (exact) mass is 310 g/mol. The topological polar surface area (TPSA) is 56.0 Å². The number of hydrogen-bond donors (Lipinski definition) is 0. The lowest BCUT2D eigenvalue weighted by atomic mass is 10.1. The highest BCUT2D eigenvalue weighted by atomic mass is 35.5. The van der Waals surface area contributed by atoms with Gasteiger partial charge in [-0.1, -0.05) is 42.0 Å². The first-order valence-corrected chi connectivity index (χ1v) is 6.99. The van der Waals surface area contributed by atoms with E-state index in [2.05, 4.69) is 4.98 Å².